The van der Waals surface area contributed by atoms with Crippen LogP contribution in [0.4, 0.5) is 4.39 Å². The van der Waals surface area contributed by atoms with E-state index in [0.29, 0.717) is 29.5 Å². The summed E-state index contributed by atoms with van der Waals surface area (Å²) in [5.41, 5.74) is 1.51. The summed E-state index contributed by atoms with van der Waals surface area (Å²) >= 11 is 0. The minimum absolute atomic E-state index is 0.0928. The lowest BCUT2D eigenvalue weighted by Crippen LogP contribution is -2.51. The van der Waals surface area contributed by atoms with E-state index in [4.69, 9.17) is 4.74 Å². The van der Waals surface area contributed by atoms with Crippen molar-refractivity contribution in [3.8, 4) is 6.07 Å². The molecular weight excluding hydrogens is 407 g/mol. The number of rotatable bonds is 5. The van der Waals surface area contributed by atoms with Crippen molar-refractivity contribution in [1.82, 2.24) is 15.1 Å². The molecule has 2 bridgehead atoms. The van der Waals surface area contributed by atoms with Gasteiger partial charge in [0.15, 0.2) is 0 Å². The number of hydrogen-bond donors (Lipinski definition) is 1. The second-order valence-corrected chi connectivity index (χ2v) is 10.1. The smallest absolute Gasteiger partial charge is 0.238 e. The summed E-state index contributed by atoms with van der Waals surface area (Å²) in [5.74, 6) is 0.337. The standard InChI is InChI=1S/C25H33FN4O2/c1-29-21-5-4-19(12-21)24(29)25(31)28-20(14-27)10-18-3-2-16(13-23(18)26)17-6-7-30-8-9-32-15-22(30)11-17/h2-3,13,17,19-22,24H,4-12,15H2,1H3,(H,28,31)/t17?,19?,20-,21?,22+,24?/m0/s1. The van der Waals surface area contributed by atoms with Crippen molar-refractivity contribution in [3.05, 3.63) is 35.1 Å². The fraction of sp³-hybridized carbons (Fsp3) is 0.680. The van der Waals surface area contributed by atoms with Crippen LogP contribution in [0.2, 0.25) is 0 Å². The third-order valence-corrected chi connectivity index (χ3v) is 8.29. The Morgan fingerprint density at radius 2 is 2.16 bits per heavy atom. The molecule has 1 aliphatic carbocycles. The predicted molar refractivity (Wildman–Crippen MR) is 118 cm³/mol. The van der Waals surface area contributed by atoms with Gasteiger partial charge in [-0.1, -0.05) is 12.1 Å². The van der Waals surface area contributed by atoms with Crippen LogP contribution in [0.15, 0.2) is 18.2 Å². The van der Waals surface area contributed by atoms with Gasteiger partial charge in [0, 0.05) is 25.0 Å². The molecule has 5 rings (SSSR count). The third kappa shape index (κ3) is 4.16. The molecular formula is C25H33FN4O2. The third-order valence-electron chi connectivity index (χ3n) is 8.29. The highest BCUT2D eigenvalue weighted by atomic mass is 19.1. The summed E-state index contributed by atoms with van der Waals surface area (Å²) in [6.45, 7) is 3.59. The molecule has 0 aromatic heterocycles. The van der Waals surface area contributed by atoms with E-state index in [1.165, 1.54) is 0 Å². The van der Waals surface area contributed by atoms with Crippen LogP contribution < -0.4 is 5.32 Å². The molecule has 0 radical (unpaired) electrons. The Morgan fingerprint density at radius 3 is 2.91 bits per heavy atom. The van der Waals surface area contributed by atoms with Crippen molar-refractivity contribution in [2.45, 2.75) is 68.6 Å². The number of fused-ring (bicyclic) bond motifs is 3. The molecule has 4 unspecified atom stereocenters. The maximum absolute atomic E-state index is 15.0. The predicted octanol–water partition coefficient (Wildman–Crippen LogP) is 2.44. The number of amides is 1. The van der Waals surface area contributed by atoms with Crippen LogP contribution in [0.5, 0.6) is 0 Å². The van der Waals surface area contributed by atoms with Crippen LogP contribution >= 0.6 is 0 Å². The van der Waals surface area contributed by atoms with Gasteiger partial charge in [-0.15, -0.1) is 0 Å². The van der Waals surface area contributed by atoms with Gasteiger partial charge in [-0.3, -0.25) is 14.6 Å². The summed E-state index contributed by atoms with van der Waals surface area (Å²) in [5, 5.41) is 12.5. The zero-order chi connectivity index (χ0) is 22.2. The van der Waals surface area contributed by atoms with Gasteiger partial charge in [0.05, 0.1) is 25.3 Å². The molecule has 3 saturated heterocycles. The zero-order valence-corrected chi connectivity index (χ0v) is 18.8. The molecule has 32 heavy (non-hydrogen) atoms. The van der Waals surface area contributed by atoms with Gasteiger partial charge in [0.2, 0.25) is 5.91 Å². The number of carbonyl (C=O) groups excluding carboxylic acids is 1. The fourth-order valence-corrected chi connectivity index (χ4v) is 6.47. The van der Waals surface area contributed by atoms with Crippen molar-refractivity contribution in [2.75, 3.05) is 33.4 Å². The number of nitrogens with zero attached hydrogens (tertiary/aromatic N) is 3. The fourth-order valence-electron chi connectivity index (χ4n) is 6.47. The number of nitriles is 1. The van der Waals surface area contributed by atoms with Gasteiger partial charge in [-0.2, -0.15) is 5.26 Å². The van der Waals surface area contributed by atoms with Gasteiger partial charge in [0.25, 0.3) is 0 Å². The van der Waals surface area contributed by atoms with Crippen molar-refractivity contribution in [2.24, 2.45) is 5.92 Å². The van der Waals surface area contributed by atoms with Crippen LogP contribution in [0, 0.1) is 23.1 Å². The number of carbonyl (C=O) groups is 1. The maximum atomic E-state index is 15.0. The molecule has 7 heteroatoms. The highest BCUT2D eigenvalue weighted by Crippen LogP contribution is 2.41. The number of morpholine rings is 1. The summed E-state index contributed by atoms with van der Waals surface area (Å²) < 4.78 is 20.6. The monoisotopic (exact) mass is 440 g/mol. The molecule has 172 valence electrons. The topological polar surface area (TPSA) is 68.6 Å². The van der Waals surface area contributed by atoms with Crippen LogP contribution in [-0.2, 0) is 16.0 Å². The summed E-state index contributed by atoms with van der Waals surface area (Å²) in [6.07, 6.45) is 5.50. The first kappa shape index (κ1) is 21.8. The van der Waals surface area contributed by atoms with E-state index in [1.54, 1.807) is 12.1 Å². The lowest BCUT2D eigenvalue weighted by Gasteiger charge is -2.42. The first-order valence-corrected chi connectivity index (χ1v) is 12.1. The quantitative estimate of drug-likeness (QED) is 0.762. The second-order valence-electron chi connectivity index (χ2n) is 10.1. The average Bonchev–Trinajstić information content (AvgIpc) is 3.40. The first-order chi connectivity index (χ1) is 15.5. The molecule has 1 amide bonds. The van der Waals surface area contributed by atoms with Gasteiger partial charge in [0.1, 0.15) is 11.9 Å². The molecule has 4 aliphatic rings. The van der Waals surface area contributed by atoms with Crippen molar-refractivity contribution in [1.29, 1.82) is 5.26 Å². The van der Waals surface area contributed by atoms with Gasteiger partial charge < -0.3 is 10.1 Å². The molecule has 3 heterocycles. The Bertz CT molecular complexity index is 900. The number of piperidine rings is 2. The SMILES string of the molecule is CN1C2CCC(C2)C1C(=O)N[C@H](C#N)Cc1ccc(C2CCN3CCOC[C@H]3C2)cc1F. The molecule has 6 nitrogen and oxygen atoms in total. The van der Waals surface area contributed by atoms with Crippen LogP contribution in [-0.4, -0.2) is 73.2 Å². The zero-order valence-electron chi connectivity index (χ0n) is 18.8. The number of hydrogen-bond acceptors (Lipinski definition) is 5. The molecule has 1 N–H and O–H groups in total. The highest BCUT2D eigenvalue weighted by Gasteiger charge is 2.47. The molecule has 4 fully saturated rings. The molecule has 1 aromatic rings. The number of likely N-dealkylation sites (N-methyl/N-ethyl adjacent to an activating group) is 1. The number of likely N-dealkylation sites (tertiary alicyclic amines) is 1. The maximum Gasteiger partial charge on any atom is 0.238 e. The molecule has 1 saturated carbocycles. The van der Waals surface area contributed by atoms with E-state index >= 15 is 0 Å². The summed E-state index contributed by atoms with van der Waals surface area (Å²) in [6, 6.07) is 7.62. The average molecular weight is 441 g/mol. The van der Waals surface area contributed by atoms with E-state index in [0.717, 1.165) is 64.0 Å². The van der Waals surface area contributed by atoms with E-state index in [9.17, 15) is 14.4 Å². The summed E-state index contributed by atoms with van der Waals surface area (Å²) in [7, 11) is 2.00. The molecule has 1 aromatic carbocycles. The van der Waals surface area contributed by atoms with Gasteiger partial charge >= 0.3 is 0 Å². The Morgan fingerprint density at radius 1 is 1.28 bits per heavy atom. The number of benzene rings is 1. The number of nitrogens with one attached hydrogen (secondary N) is 1. The Balaban J connectivity index is 1.21. The van der Waals surface area contributed by atoms with E-state index < -0.39 is 6.04 Å². The lowest BCUT2D eigenvalue weighted by atomic mass is 9.84. The Hall–Kier alpha value is -2.01. The Kier molecular flexibility index (Phi) is 6.20. The number of halogens is 1. The molecule has 0 spiro atoms. The normalized spacial score (nSPS) is 33.5. The van der Waals surface area contributed by atoms with Gasteiger partial charge in [-0.25, -0.2) is 4.39 Å². The van der Waals surface area contributed by atoms with E-state index in [2.05, 4.69) is 21.2 Å². The summed E-state index contributed by atoms with van der Waals surface area (Å²) in [4.78, 5) is 17.5. The van der Waals surface area contributed by atoms with Crippen LogP contribution in [0.1, 0.15) is 49.1 Å². The molecule has 3 aliphatic heterocycles. The minimum Gasteiger partial charge on any atom is -0.378 e. The minimum atomic E-state index is -0.724. The van der Waals surface area contributed by atoms with Crippen LogP contribution in [0.25, 0.3) is 0 Å². The van der Waals surface area contributed by atoms with E-state index in [-0.39, 0.29) is 24.2 Å². The number of ether oxygens (including phenoxy) is 1. The van der Waals surface area contributed by atoms with E-state index in [1.807, 2.05) is 13.1 Å². The second kappa shape index (κ2) is 9.09. The highest BCUT2D eigenvalue weighted by molar-refractivity contribution is 5.83. The van der Waals surface area contributed by atoms with Gasteiger partial charge in [-0.05, 0) is 74.7 Å². The van der Waals surface area contributed by atoms with Crippen LogP contribution in [0.3, 0.4) is 0 Å². The van der Waals surface area contributed by atoms with Crippen molar-refractivity contribution >= 4 is 5.91 Å². The first-order valence-electron chi connectivity index (χ1n) is 12.1. The van der Waals surface area contributed by atoms with Crippen molar-refractivity contribution < 1.29 is 13.9 Å². The largest absolute Gasteiger partial charge is 0.378 e. The lowest BCUT2D eigenvalue weighted by molar-refractivity contribution is -0.127. The Labute approximate surface area is 189 Å². The molecule has 6 atom stereocenters. The van der Waals surface area contributed by atoms with Crippen molar-refractivity contribution in [3.63, 3.8) is 0 Å².